The molecule has 1 saturated heterocycles. The number of aryl methyl sites for hydroxylation is 1. The first-order valence-corrected chi connectivity index (χ1v) is 13.5. The lowest BCUT2D eigenvalue weighted by Gasteiger charge is -2.26. The lowest BCUT2D eigenvalue weighted by atomic mass is 10.2. The largest absolute Gasteiger partial charge is 0.379 e. The van der Waals surface area contributed by atoms with Crippen molar-refractivity contribution >= 4 is 50.6 Å². The zero-order chi connectivity index (χ0) is 26.3. The van der Waals surface area contributed by atoms with Gasteiger partial charge in [0.1, 0.15) is 17.0 Å². The number of aromatic nitrogens is 2. The quantitative estimate of drug-likeness (QED) is 0.275. The second-order valence-corrected chi connectivity index (χ2v) is 10.0. The minimum Gasteiger partial charge on any atom is -0.379 e. The van der Waals surface area contributed by atoms with E-state index in [1.807, 2.05) is 49.4 Å². The number of fused-ring (bicyclic) bond motifs is 1. The van der Waals surface area contributed by atoms with Crippen LogP contribution in [0.25, 0.3) is 10.2 Å². The molecule has 4 aromatic rings. The Balaban J connectivity index is 1.22. The van der Waals surface area contributed by atoms with E-state index < -0.39 is 0 Å². The van der Waals surface area contributed by atoms with Crippen LogP contribution in [-0.2, 0) is 4.74 Å². The summed E-state index contributed by atoms with van der Waals surface area (Å²) >= 11 is 1.37. The van der Waals surface area contributed by atoms with Gasteiger partial charge in [0.25, 0.3) is 11.8 Å². The van der Waals surface area contributed by atoms with Crippen LogP contribution in [-0.4, -0.2) is 66.1 Å². The Morgan fingerprint density at radius 1 is 0.974 bits per heavy atom. The van der Waals surface area contributed by atoms with Crippen molar-refractivity contribution in [1.29, 1.82) is 0 Å². The molecule has 196 valence electrons. The minimum atomic E-state index is -0.162. The lowest BCUT2D eigenvalue weighted by Crippen LogP contribution is -2.38. The summed E-state index contributed by atoms with van der Waals surface area (Å²) in [5.74, 6) is 0.387. The summed E-state index contributed by atoms with van der Waals surface area (Å²) in [7, 11) is 0. The first kappa shape index (κ1) is 25.8. The second kappa shape index (κ2) is 12.1. The van der Waals surface area contributed by atoms with Crippen molar-refractivity contribution in [3.8, 4) is 0 Å². The number of hydrogen-bond donors (Lipinski definition) is 3. The Kier molecular flexibility index (Phi) is 8.22. The maximum Gasteiger partial charge on any atom is 0.261 e. The van der Waals surface area contributed by atoms with Crippen molar-refractivity contribution in [2.24, 2.45) is 0 Å². The van der Waals surface area contributed by atoms with E-state index in [1.165, 1.54) is 17.7 Å². The van der Waals surface area contributed by atoms with Crippen molar-refractivity contribution in [2.45, 2.75) is 13.3 Å². The monoisotopic (exact) mass is 530 g/mol. The van der Waals surface area contributed by atoms with Gasteiger partial charge < -0.3 is 20.7 Å². The highest BCUT2D eigenvalue weighted by atomic mass is 32.1. The zero-order valence-electron chi connectivity index (χ0n) is 21.2. The number of nitrogens with one attached hydrogen (secondary N) is 3. The van der Waals surface area contributed by atoms with Crippen LogP contribution in [0.4, 0.5) is 17.2 Å². The number of ether oxygens (including phenoxy) is 1. The summed E-state index contributed by atoms with van der Waals surface area (Å²) in [5, 5.41) is 10.1. The van der Waals surface area contributed by atoms with Crippen molar-refractivity contribution in [3.63, 3.8) is 0 Å². The number of morpholine rings is 1. The number of rotatable bonds is 9. The highest BCUT2D eigenvalue weighted by Crippen LogP contribution is 2.34. The van der Waals surface area contributed by atoms with Gasteiger partial charge in [0.15, 0.2) is 0 Å². The molecule has 38 heavy (non-hydrogen) atoms. The molecule has 0 radical (unpaired) electrons. The number of benzene rings is 2. The smallest absolute Gasteiger partial charge is 0.261 e. The number of thiophene rings is 1. The van der Waals surface area contributed by atoms with Crippen LogP contribution >= 0.6 is 11.3 Å². The molecular weight excluding hydrogens is 500 g/mol. The van der Waals surface area contributed by atoms with Gasteiger partial charge in [-0.2, -0.15) is 0 Å². The molecule has 1 aliphatic heterocycles. The average Bonchev–Trinajstić information content (AvgIpc) is 3.30. The molecule has 2 amide bonds. The molecule has 1 fully saturated rings. The number of carbonyl (C=O) groups is 2. The van der Waals surface area contributed by atoms with E-state index in [2.05, 4.69) is 30.8 Å². The Morgan fingerprint density at radius 3 is 2.47 bits per heavy atom. The van der Waals surface area contributed by atoms with Crippen LogP contribution in [0.1, 0.15) is 32.0 Å². The van der Waals surface area contributed by atoms with Crippen LogP contribution < -0.4 is 16.0 Å². The third kappa shape index (κ3) is 6.16. The van der Waals surface area contributed by atoms with Crippen molar-refractivity contribution < 1.29 is 14.3 Å². The molecule has 9 nitrogen and oxygen atoms in total. The molecule has 10 heteroatoms. The minimum absolute atomic E-state index is 0.0862. The van der Waals surface area contributed by atoms with E-state index in [0.29, 0.717) is 28.5 Å². The summed E-state index contributed by atoms with van der Waals surface area (Å²) in [6.45, 7) is 6.94. The van der Waals surface area contributed by atoms with Gasteiger partial charge in [-0.3, -0.25) is 14.5 Å². The van der Waals surface area contributed by atoms with E-state index >= 15 is 0 Å². The fraction of sp³-hybridized carbons (Fsp3) is 0.286. The van der Waals surface area contributed by atoms with Gasteiger partial charge in [-0.15, -0.1) is 11.3 Å². The maximum atomic E-state index is 12.9. The van der Waals surface area contributed by atoms with Gasteiger partial charge >= 0.3 is 0 Å². The van der Waals surface area contributed by atoms with Gasteiger partial charge in [0.2, 0.25) is 0 Å². The molecule has 1 aliphatic rings. The fourth-order valence-corrected chi connectivity index (χ4v) is 5.42. The van der Waals surface area contributed by atoms with E-state index in [-0.39, 0.29) is 11.8 Å². The molecule has 0 spiro atoms. The topological polar surface area (TPSA) is 108 Å². The number of nitrogens with zero attached hydrogens (tertiary/aromatic N) is 3. The Hall–Kier alpha value is -3.86. The Labute approximate surface area is 225 Å². The van der Waals surface area contributed by atoms with Gasteiger partial charge in [-0.05, 0) is 61.9 Å². The summed E-state index contributed by atoms with van der Waals surface area (Å²) in [6, 6.07) is 16.5. The third-order valence-corrected chi connectivity index (χ3v) is 7.61. The standard InChI is InChI=1S/C28H30N6O3S/c1-19-23-25(32-21-8-10-22(11-9-21)33-26(35)20-6-3-2-4-7-20)30-18-31-28(23)38-24(19)27(36)29-12-5-13-34-14-16-37-17-15-34/h2-4,6-11,18H,5,12-17H2,1H3,(H,29,36)(H,33,35)(H,30,31,32). The highest BCUT2D eigenvalue weighted by molar-refractivity contribution is 7.20. The normalized spacial score (nSPS) is 13.8. The SMILES string of the molecule is Cc1c(C(=O)NCCCN2CCOCC2)sc2ncnc(Nc3ccc(NC(=O)c4ccccc4)cc3)c12. The van der Waals surface area contributed by atoms with Crippen LogP contribution in [0.3, 0.4) is 0 Å². The highest BCUT2D eigenvalue weighted by Gasteiger charge is 2.19. The van der Waals surface area contributed by atoms with E-state index in [1.54, 1.807) is 12.1 Å². The zero-order valence-corrected chi connectivity index (χ0v) is 22.0. The van der Waals surface area contributed by atoms with Crippen molar-refractivity contribution in [2.75, 3.05) is 50.0 Å². The summed E-state index contributed by atoms with van der Waals surface area (Å²) in [5.41, 5.74) is 2.95. The molecule has 0 atom stereocenters. The number of hydrogen-bond acceptors (Lipinski definition) is 8. The number of amides is 2. The molecule has 0 aliphatic carbocycles. The average molecular weight is 531 g/mol. The molecule has 2 aromatic carbocycles. The van der Waals surface area contributed by atoms with E-state index in [4.69, 9.17) is 4.74 Å². The molecule has 3 N–H and O–H groups in total. The molecule has 0 saturated carbocycles. The first-order chi connectivity index (χ1) is 18.6. The van der Waals surface area contributed by atoms with Crippen LogP contribution in [0, 0.1) is 6.92 Å². The summed E-state index contributed by atoms with van der Waals surface area (Å²) in [4.78, 5) is 38.0. The van der Waals surface area contributed by atoms with Crippen molar-refractivity contribution in [1.82, 2.24) is 20.2 Å². The van der Waals surface area contributed by atoms with Gasteiger partial charge in [-0.25, -0.2) is 9.97 Å². The predicted molar refractivity (Wildman–Crippen MR) is 150 cm³/mol. The van der Waals surface area contributed by atoms with E-state index in [9.17, 15) is 9.59 Å². The van der Waals surface area contributed by atoms with Crippen LogP contribution in [0.5, 0.6) is 0 Å². The fourth-order valence-electron chi connectivity index (χ4n) is 4.36. The van der Waals surface area contributed by atoms with Gasteiger partial charge in [0, 0.05) is 36.6 Å². The molecule has 2 aromatic heterocycles. The third-order valence-electron chi connectivity index (χ3n) is 6.41. The lowest BCUT2D eigenvalue weighted by molar-refractivity contribution is 0.0374. The predicted octanol–water partition coefficient (Wildman–Crippen LogP) is 4.45. The summed E-state index contributed by atoms with van der Waals surface area (Å²) < 4.78 is 5.38. The molecule has 0 bridgehead atoms. The van der Waals surface area contributed by atoms with Crippen LogP contribution in [0.2, 0.25) is 0 Å². The van der Waals surface area contributed by atoms with E-state index in [0.717, 1.165) is 60.7 Å². The van der Waals surface area contributed by atoms with Gasteiger partial charge in [-0.1, -0.05) is 18.2 Å². The molecule has 0 unspecified atom stereocenters. The Bertz CT molecular complexity index is 1400. The molecular formula is C28H30N6O3S. The summed E-state index contributed by atoms with van der Waals surface area (Å²) in [6.07, 6.45) is 2.39. The Morgan fingerprint density at radius 2 is 1.71 bits per heavy atom. The second-order valence-electron chi connectivity index (χ2n) is 9.04. The number of anilines is 3. The number of carbonyl (C=O) groups excluding carboxylic acids is 2. The maximum absolute atomic E-state index is 12.9. The van der Waals surface area contributed by atoms with Gasteiger partial charge in [0.05, 0.1) is 23.5 Å². The molecule has 3 heterocycles. The van der Waals surface area contributed by atoms with Crippen molar-refractivity contribution in [3.05, 3.63) is 76.9 Å². The first-order valence-electron chi connectivity index (χ1n) is 12.6. The molecule has 5 rings (SSSR count). The van der Waals surface area contributed by atoms with Crippen LogP contribution in [0.15, 0.2) is 60.9 Å².